The molecule has 96 valence electrons. The molecule has 0 bridgehead atoms. The topological polar surface area (TPSA) is 53.1 Å². The van der Waals surface area contributed by atoms with E-state index in [0.717, 1.165) is 32.6 Å². The number of nitrogen functional groups attached to an aromatic ring is 1. The fraction of sp³-hybridized carbons (Fsp3) is 0.308. The fourth-order valence-corrected chi connectivity index (χ4v) is 2.60. The Labute approximate surface area is 115 Å². The van der Waals surface area contributed by atoms with Crippen LogP contribution >= 0.6 is 15.9 Å². The fourth-order valence-electron chi connectivity index (χ4n) is 2.06. The summed E-state index contributed by atoms with van der Waals surface area (Å²) in [5.41, 5.74) is 9.98. The summed E-state index contributed by atoms with van der Waals surface area (Å²) >= 11 is 3.49. The van der Waals surface area contributed by atoms with Crippen molar-refractivity contribution >= 4 is 21.7 Å². The van der Waals surface area contributed by atoms with E-state index in [2.05, 4.69) is 27.1 Å². The number of anilines is 1. The van der Waals surface area contributed by atoms with Crippen LogP contribution < -0.4 is 10.5 Å². The molecule has 4 nitrogen and oxygen atoms in total. The van der Waals surface area contributed by atoms with E-state index in [0.29, 0.717) is 5.82 Å². The Kier molecular flexibility index (Phi) is 3.34. The van der Waals surface area contributed by atoms with Crippen LogP contribution in [0.5, 0.6) is 5.75 Å². The van der Waals surface area contributed by atoms with Crippen molar-refractivity contribution in [3.05, 3.63) is 27.7 Å². The van der Waals surface area contributed by atoms with Gasteiger partial charge in [-0.05, 0) is 47.0 Å². The van der Waals surface area contributed by atoms with Gasteiger partial charge in [-0.15, -0.1) is 0 Å². The Morgan fingerprint density at radius 3 is 2.50 bits per heavy atom. The molecule has 0 aliphatic rings. The Balaban J connectivity index is 2.74. The van der Waals surface area contributed by atoms with Crippen LogP contribution in [0.2, 0.25) is 0 Å². The Morgan fingerprint density at radius 1 is 1.33 bits per heavy atom. The van der Waals surface area contributed by atoms with Crippen LogP contribution in [0.25, 0.3) is 11.3 Å². The van der Waals surface area contributed by atoms with E-state index in [9.17, 15) is 0 Å². The molecule has 2 aromatic rings. The van der Waals surface area contributed by atoms with Crippen molar-refractivity contribution in [2.75, 3.05) is 12.8 Å². The number of aryl methyl sites for hydroxylation is 3. The minimum atomic E-state index is 0.604. The molecule has 0 aliphatic heterocycles. The van der Waals surface area contributed by atoms with E-state index in [1.54, 1.807) is 11.8 Å². The van der Waals surface area contributed by atoms with Crippen LogP contribution in [0.15, 0.2) is 16.6 Å². The second-order valence-corrected chi connectivity index (χ2v) is 5.12. The Bertz CT molecular complexity index is 605. The lowest BCUT2D eigenvalue weighted by atomic mass is 10.0. The lowest BCUT2D eigenvalue weighted by Gasteiger charge is -2.11. The molecule has 0 fully saturated rings. The quantitative estimate of drug-likeness (QED) is 0.927. The van der Waals surface area contributed by atoms with E-state index >= 15 is 0 Å². The van der Waals surface area contributed by atoms with Gasteiger partial charge in [0.1, 0.15) is 17.3 Å². The molecule has 1 aromatic heterocycles. The van der Waals surface area contributed by atoms with Crippen molar-refractivity contribution in [3.8, 4) is 17.0 Å². The highest BCUT2D eigenvalue weighted by Gasteiger charge is 2.19. The average molecular weight is 310 g/mol. The molecule has 2 rings (SSSR count). The predicted octanol–water partition coefficient (Wildman–Crippen LogP) is 3.06. The highest BCUT2D eigenvalue weighted by atomic mass is 79.9. The summed E-state index contributed by atoms with van der Waals surface area (Å²) in [4.78, 5) is 0. The van der Waals surface area contributed by atoms with E-state index in [-0.39, 0.29) is 0 Å². The normalized spacial score (nSPS) is 10.7. The van der Waals surface area contributed by atoms with Gasteiger partial charge in [0.15, 0.2) is 0 Å². The first kappa shape index (κ1) is 13.0. The monoisotopic (exact) mass is 309 g/mol. The number of hydrogen-bond donors (Lipinski definition) is 1. The number of methoxy groups -OCH3 is 1. The number of rotatable bonds is 2. The summed E-state index contributed by atoms with van der Waals surface area (Å²) in [5, 5.41) is 4.44. The van der Waals surface area contributed by atoms with Crippen LogP contribution in [0.4, 0.5) is 5.82 Å². The maximum Gasteiger partial charge on any atom is 0.136 e. The molecule has 0 aliphatic carbocycles. The standard InChI is InChI=1S/C13H16BrN3O/c1-7-5-8(2)10(9(6-7)18-4)12-11(14)13(15)17(3)16-12/h5-6H,15H2,1-4H3. The number of ether oxygens (including phenoxy) is 1. The number of halogens is 1. The summed E-state index contributed by atoms with van der Waals surface area (Å²) in [6, 6.07) is 4.11. The van der Waals surface area contributed by atoms with Crippen molar-refractivity contribution in [2.45, 2.75) is 13.8 Å². The summed E-state index contributed by atoms with van der Waals surface area (Å²) in [7, 11) is 3.48. The molecular formula is C13H16BrN3O. The highest BCUT2D eigenvalue weighted by Crippen LogP contribution is 2.39. The molecule has 0 saturated heterocycles. The molecule has 5 heteroatoms. The third kappa shape index (κ3) is 1.99. The van der Waals surface area contributed by atoms with Gasteiger partial charge in [0.2, 0.25) is 0 Å². The third-order valence-corrected chi connectivity index (χ3v) is 3.71. The lowest BCUT2D eigenvalue weighted by Crippen LogP contribution is -1.97. The van der Waals surface area contributed by atoms with E-state index < -0.39 is 0 Å². The van der Waals surface area contributed by atoms with Crippen LogP contribution in [-0.4, -0.2) is 16.9 Å². The number of hydrogen-bond acceptors (Lipinski definition) is 3. The van der Waals surface area contributed by atoms with Gasteiger partial charge >= 0.3 is 0 Å². The Hall–Kier alpha value is -1.49. The molecule has 0 radical (unpaired) electrons. The number of nitrogens with two attached hydrogens (primary N) is 1. The minimum absolute atomic E-state index is 0.604. The molecule has 1 heterocycles. The zero-order valence-corrected chi connectivity index (χ0v) is 12.5. The first-order valence-electron chi connectivity index (χ1n) is 5.59. The lowest BCUT2D eigenvalue weighted by molar-refractivity contribution is 0.415. The third-order valence-electron chi connectivity index (χ3n) is 2.93. The summed E-state index contributed by atoms with van der Waals surface area (Å²) in [6.45, 7) is 4.09. The highest BCUT2D eigenvalue weighted by molar-refractivity contribution is 9.10. The van der Waals surface area contributed by atoms with E-state index in [1.807, 2.05) is 27.0 Å². The van der Waals surface area contributed by atoms with Gasteiger partial charge in [0.05, 0.1) is 11.6 Å². The number of nitrogens with zero attached hydrogens (tertiary/aromatic N) is 2. The van der Waals surface area contributed by atoms with Gasteiger partial charge < -0.3 is 10.5 Å². The summed E-state index contributed by atoms with van der Waals surface area (Å²) < 4.78 is 7.91. The maximum absolute atomic E-state index is 5.92. The number of benzene rings is 1. The SMILES string of the molecule is COc1cc(C)cc(C)c1-c1nn(C)c(N)c1Br. The molecule has 2 N–H and O–H groups in total. The molecule has 1 aromatic carbocycles. The van der Waals surface area contributed by atoms with Gasteiger partial charge in [-0.3, -0.25) is 4.68 Å². The van der Waals surface area contributed by atoms with Crippen molar-refractivity contribution in [1.82, 2.24) is 9.78 Å². The first-order valence-corrected chi connectivity index (χ1v) is 6.38. The predicted molar refractivity (Wildman–Crippen MR) is 76.8 cm³/mol. The van der Waals surface area contributed by atoms with Crippen LogP contribution in [0.1, 0.15) is 11.1 Å². The molecule has 0 spiro atoms. The molecule has 18 heavy (non-hydrogen) atoms. The van der Waals surface area contributed by atoms with Crippen molar-refractivity contribution in [1.29, 1.82) is 0 Å². The van der Waals surface area contributed by atoms with Crippen LogP contribution in [-0.2, 0) is 7.05 Å². The average Bonchev–Trinajstić information content (AvgIpc) is 2.56. The van der Waals surface area contributed by atoms with Crippen molar-refractivity contribution < 1.29 is 4.74 Å². The molecule has 0 amide bonds. The maximum atomic E-state index is 5.92. The van der Waals surface area contributed by atoms with Gasteiger partial charge in [0, 0.05) is 12.6 Å². The molecule has 0 saturated carbocycles. The first-order chi connectivity index (χ1) is 8.45. The van der Waals surface area contributed by atoms with Gasteiger partial charge in [-0.1, -0.05) is 6.07 Å². The van der Waals surface area contributed by atoms with Crippen molar-refractivity contribution in [2.24, 2.45) is 7.05 Å². The zero-order valence-electron chi connectivity index (χ0n) is 10.9. The van der Waals surface area contributed by atoms with E-state index in [4.69, 9.17) is 10.5 Å². The van der Waals surface area contributed by atoms with Gasteiger partial charge in [-0.25, -0.2) is 0 Å². The number of aromatic nitrogens is 2. The molecular weight excluding hydrogens is 294 g/mol. The molecule has 0 atom stereocenters. The van der Waals surface area contributed by atoms with Crippen LogP contribution in [0, 0.1) is 13.8 Å². The van der Waals surface area contributed by atoms with Crippen molar-refractivity contribution in [3.63, 3.8) is 0 Å². The second-order valence-electron chi connectivity index (χ2n) is 4.33. The summed E-state index contributed by atoms with van der Waals surface area (Å²) in [6.07, 6.45) is 0. The smallest absolute Gasteiger partial charge is 0.136 e. The minimum Gasteiger partial charge on any atom is -0.496 e. The Morgan fingerprint density at radius 2 is 2.00 bits per heavy atom. The second kappa shape index (κ2) is 4.65. The van der Waals surface area contributed by atoms with Gasteiger partial charge in [-0.2, -0.15) is 5.10 Å². The summed E-state index contributed by atoms with van der Waals surface area (Å²) in [5.74, 6) is 1.42. The van der Waals surface area contributed by atoms with Crippen LogP contribution in [0.3, 0.4) is 0 Å². The zero-order chi connectivity index (χ0) is 13.4. The molecule has 0 unspecified atom stereocenters. The van der Waals surface area contributed by atoms with Gasteiger partial charge in [0.25, 0.3) is 0 Å². The van der Waals surface area contributed by atoms with E-state index in [1.165, 1.54) is 0 Å². The largest absolute Gasteiger partial charge is 0.496 e.